The van der Waals surface area contributed by atoms with E-state index in [0.29, 0.717) is 37.0 Å². The molecule has 0 radical (unpaired) electrons. The lowest BCUT2D eigenvalue weighted by Gasteiger charge is -2.32. The molecule has 1 aromatic carbocycles. The highest BCUT2D eigenvalue weighted by Crippen LogP contribution is 2.28. The Morgan fingerprint density at radius 2 is 2.21 bits per heavy atom. The van der Waals surface area contributed by atoms with Crippen LogP contribution in [0.4, 0.5) is 0 Å². The van der Waals surface area contributed by atoms with Gasteiger partial charge in [-0.3, -0.25) is 9.89 Å². The van der Waals surface area contributed by atoms with E-state index in [-0.39, 0.29) is 5.91 Å². The molecule has 128 valence electrons. The number of para-hydroxylation sites is 1. The van der Waals surface area contributed by atoms with Crippen LogP contribution < -0.4 is 4.74 Å². The van der Waals surface area contributed by atoms with Gasteiger partial charge in [0.25, 0.3) is 5.91 Å². The second-order valence-electron chi connectivity index (χ2n) is 5.94. The van der Waals surface area contributed by atoms with Crippen LogP contribution in [-0.2, 0) is 4.74 Å². The van der Waals surface area contributed by atoms with Crippen LogP contribution in [0.25, 0.3) is 0 Å². The summed E-state index contributed by atoms with van der Waals surface area (Å²) in [6.45, 7) is 2.40. The van der Waals surface area contributed by atoms with E-state index in [1.54, 1.807) is 13.3 Å². The van der Waals surface area contributed by atoms with E-state index in [1.807, 2.05) is 35.2 Å². The molecular formula is C18H23N3O3. The van der Waals surface area contributed by atoms with Crippen molar-refractivity contribution in [1.82, 2.24) is 15.1 Å². The summed E-state index contributed by atoms with van der Waals surface area (Å²) in [7, 11) is 1.63. The fraction of sp³-hybridized carbons (Fsp3) is 0.444. The predicted molar refractivity (Wildman–Crippen MR) is 90.3 cm³/mol. The number of carbonyl (C=O) groups is 1. The van der Waals surface area contributed by atoms with Crippen LogP contribution in [0.5, 0.6) is 5.75 Å². The molecule has 0 spiro atoms. The van der Waals surface area contributed by atoms with Crippen molar-refractivity contribution >= 4 is 5.91 Å². The quantitative estimate of drug-likeness (QED) is 0.827. The molecule has 24 heavy (non-hydrogen) atoms. The lowest BCUT2D eigenvalue weighted by atomic mass is 9.94. The Balaban J connectivity index is 1.71. The van der Waals surface area contributed by atoms with Gasteiger partial charge in [-0.15, -0.1) is 0 Å². The molecule has 1 fully saturated rings. The first-order valence-corrected chi connectivity index (χ1v) is 8.29. The van der Waals surface area contributed by atoms with Gasteiger partial charge in [-0.05, 0) is 31.0 Å². The fourth-order valence-corrected chi connectivity index (χ4v) is 3.08. The molecule has 2 aromatic rings. The maximum Gasteiger partial charge on any atom is 0.257 e. The number of nitrogens with zero attached hydrogens (tertiary/aromatic N) is 2. The van der Waals surface area contributed by atoms with Crippen molar-refractivity contribution in [2.45, 2.75) is 18.8 Å². The molecule has 0 bridgehead atoms. The van der Waals surface area contributed by atoms with Gasteiger partial charge < -0.3 is 14.4 Å². The Morgan fingerprint density at radius 1 is 1.33 bits per heavy atom. The first-order chi connectivity index (χ1) is 11.8. The van der Waals surface area contributed by atoms with Gasteiger partial charge in [0.05, 0.1) is 12.2 Å². The summed E-state index contributed by atoms with van der Waals surface area (Å²) in [5, 5.41) is 7.05. The first-order valence-electron chi connectivity index (χ1n) is 8.29. The molecule has 0 unspecified atom stereocenters. The normalized spacial score (nSPS) is 17.7. The average Bonchev–Trinajstić information content (AvgIpc) is 3.17. The van der Waals surface area contributed by atoms with Crippen molar-refractivity contribution in [3.8, 4) is 5.75 Å². The van der Waals surface area contributed by atoms with Crippen LogP contribution in [0.2, 0.25) is 0 Å². The standard InChI is InChI=1S/C18H23N3O3/c1-23-11-12-24-17-7-3-2-6-15(17)18(22)21-10-4-5-14(13-21)16-8-9-19-20-16/h2-3,6-9,14H,4-5,10-13H2,1H3,(H,19,20)/t14-/m1/s1. The largest absolute Gasteiger partial charge is 0.490 e. The van der Waals surface area contributed by atoms with Crippen LogP contribution in [0.15, 0.2) is 36.5 Å². The number of benzene rings is 1. The van der Waals surface area contributed by atoms with Crippen molar-refractivity contribution < 1.29 is 14.3 Å². The van der Waals surface area contributed by atoms with Gasteiger partial charge in [0, 0.05) is 38.0 Å². The zero-order valence-corrected chi connectivity index (χ0v) is 13.9. The Kier molecular flexibility index (Phi) is 5.48. The minimum absolute atomic E-state index is 0.0206. The van der Waals surface area contributed by atoms with E-state index < -0.39 is 0 Å². The molecule has 1 aliphatic heterocycles. The number of nitrogens with one attached hydrogen (secondary N) is 1. The topological polar surface area (TPSA) is 67.5 Å². The van der Waals surface area contributed by atoms with E-state index in [4.69, 9.17) is 9.47 Å². The molecule has 6 heteroatoms. The summed E-state index contributed by atoms with van der Waals surface area (Å²) < 4.78 is 10.7. The average molecular weight is 329 g/mol. The number of ether oxygens (including phenoxy) is 2. The van der Waals surface area contributed by atoms with E-state index in [9.17, 15) is 4.79 Å². The van der Waals surface area contributed by atoms with E-state index in [0.717, 1.165) is 25.1 Å². The maximum absolute atomic E-state index is 13.0. The molecule has 0 aliphatic carbocycles. The smallest absolute Gasteiger partial charge is 0.257 e. The van der Waals surface area contributed by atoms with Crippen LogP contribution in [0, 0.1) is 0 Å². The predicted octanol–water partition coefficient (Wildman–Crippen LogP) is 2.45. The molecule has 1 aromatic heterocycles. The molecule has 6 nitrogen and oxygen atoms in total. The maximum atomic E-state index is 13.0. The van der Waals surface area contributed by atoms with Gasteiger partial charge in [0.15, 0.2) is 0 Å². The molecule has 1 aliphatic rings. The summed E-state index contributed by atoms with van der Waals surface area (Å²) in [4.78, 5) is 14.9. The fourth-order valence-electron chi connectivity index (χ4n) is 3.08. The summed E-state index contributed by atoms with van der Waals surface area (Å²) >= 11 is 0. The number of likely N-dealkylation sites (tertiary alicyclic amines) is 1. The van der Waals surface area contributed by atoms with Crippen molar-refractivity contribution in [1.29, 1.82) is 0 Å². The summed E-state index contributed by atoms with van der Waals surface area (Å²) in [6, 6.07) is 9.39. The SMILES string of the molecule is COCCOc1ccccc1C(=O)N1CCC[C@@H](c2ccn[nH]2)C1. The van der Waals surface area contributed by atoms with Crippen LogP contribution in [0.1, 0.15) is 34.8 Å². The van der Waals surface area contributed by atoms with Crippen molar-refractivity contribution in [3.05, 3.63) is 47.8 Å². The monoisotopic (exact) mass is 329 g/mol. The van der Waals surface area contributed by atoms with Gasteiger partial charge in [-0.1, -0.05) is 12.1 Å². The first kappa shape index (κ1) is 16.5. The molecular weight excluding hydrogens is 306 g/mol. The summed E-state index contributed by atoms with van der Waals surface area (Å²) in [5.41, 5.74) is 1.70. The Bertz CT molecular complexity index is 657. The highest BCUT2D eigenvalue weighted by atomic mass is 16.5. The molecule has 1 saturated heterocycles. The number of aromatic amines is 1. The number of carbonyl (C=O) groups excluding carboxylic acids is 1. The Morgan fingerprint density at radius 3 is 3.00 bits per heavy atom. The van der Waals surface area contributed by atoms with Crippen LogP contribution in [0.3, 0.4) is 0 Å². The lowest BCUT2D eigenvalue weighted by Crippen LogP contribution is -2.39. The third kappa shape index (κ3) is 3.76. The number of methoxy groups -OCH3 is 1. The zero-order valence-electron chi connectivity index (χ0n) is 13.9. The number of rotatable bonds is 6. The van der Waals surface area contributed by atoms with Gasteiger partial charge >= 0.3 is 0 Å². The second kappa shape index (κ2) is 7.97. The summed E-state index contributed by atoms with van der Waals surface area (Å²) in [6.07, 6.45) is 3.81. The molecule has 2 heterocycles. The van der Waals surface area contributed by atoms with Crippen molar-refractivity contribution in [2.24, 2.45) is 0 Å². The highest BCUT2D eigenvalue weighted by Gasteiger charge is 2.27. The number of aromatic nitrogens is 2. The number of hydrogen-bond donors (Lipinski definition) is 1. The molecule has 3 rings (SSSR count). The summed E-state index contributed by atoms with van der Waals surface area (Å²) in [5.74, 6) is 0.946. The molecule has 1 N–H and O–H groups in total. The van der Waals surface area contributed by atoms with Crippen LogP contribution >= 0.6 is 0 Å². The third-order valence-electron chi connectivity index (χ3n) is 4.33. The van der Waals surface area contributed by atoms with E-state index in [1.165, 1.54) is 0 Å². The Labute approximate surface area is 141 Å². The van der Waals surface area contributed by atoms with Crippen molar-refractivity contribution in [3.63, 3.8) is 0 Å². The van der Waals surface area contributed by atoms with Gasteiger partial charge in [-0.2, -0.15) is 5.10 Å². The lowest BCUT2D eigenvalue weighted by molar-refractivity contribution is 0.0699. The third-order valence-corrected chi connectivity index (χ3v) is 4.33. The van der Waals surface area contributed by atoms with Crippen molar-refractivity contribution in [2.75, 3.05) is 33.4 Å². The number of hydrogen-bond acceptors (Lipinski definition) is 4. The van der Waals surface area contributed by atoms with Gasteiger partial charge in [-0.25, -0.2) is 0 Å². The zero-order chi connectivity index (χ0) is 16.8. The number of piperidine rings is 1. The van der Waals surface area contributed by atoms with E-state index >= 15 is 0 Å². The Hall–Kier alpha value is -2.34. The van der Waals surface area contributed by atoms with Gasteiger partial charge in [0.2, 0.25) is 0 Å². The minimum Gasteiger partial charge on any atom is -0.490 e. The number of H-pyrrole nitrogens is 1. The molecule has 0 saturated carbocycles. The van der Waals surface area contributed by atoms with Crippen LogP contribution in [-0.4, -0.2) is 54.4 Å². The van der Waals surface area contributed by atoms with Gasteiger partial charge in [0.1, 0.15) is 12.4 Å². The molecule has 1 amide bonds. The second-order valence-corrected chi connectivity index (χ2v) is 5.94. The molecule has 1 atom stereocenters. The minimum atomic E-state index is 0.0206. The highest BCUT2D eigenvalue weighted by molar-refractivity contribution is 5.97. The number of amides is 1. The van der Waals surface area contributed by atoms with E-state index in [2.05, 4.69) is 10.2 Å².